The van der Waals surface area contributed by atoms with Crippen molar-refractivity contribution in [2.45, 2.75) is 19.4 Å². The molecule has 1 unspecified atom stereocenters. The molecule has 1 rings (SSSR count). The Morgan fingerprint density at radius 2 is 2.25 bits per heavy atom. The highest BCUT2D eigenvalue weighted by Crippen LogP contribution is 2.63. The average Bonchev–Trinajstić information content (AvgIpc) is 1.98. The second-order valence-corrected chi connectivity index (χ2v) is 5.72. The highest BCUT2D eigenvalue weighted by atomic mass is 79.9. The maximum absolute atomic E-state index is 11.4. The van der Waals surface area contributed by atoms with E-state index < -0.39 is 13.2 Å². The summed E-state index contributed by atoms with van der Waals surface area (Å²) in [6.45, 7) is 3.32. The lowest BCUT2D eigenvalue weighted by Crippen LogP contribution is -2.18. The van der Waals surface area contributed by atoms with Crippen LogP contribution in [0.5, 0.6) is 0 Å². The number of hydrogen-bond acceptors (Lipinski definition) is 2. The van der Waals surface area contributed by atoms with Crippen LogP contribution in [0.25, 0.3) is 0 Å². The minimum atomic E-state index is -3.63. The van der Waals surface area contributed by atoms with Crippen molar-refractivity contribution < 1.29 is 14.0 Å². The fourth-order valence-electron chi connectivity index (χ4n) is 1.01. The van der Waals surface area contributed by atoms with Crippen molar-refractivity contribution in [3.8, 4) is 0 Å². The predicted molar refractivity (Wildman–Crippen MR) is 51.7 cm³/mol. The summed E-state index contributed by atoms with van der Waals surface area (Å²) in [5.74, 6) is 0. The first-order valence-corrected chi connectivity index (χ1v) is 6.38. The molecule has 0 aromatic carbocycles. The van der Waals surface area contributed by atoms with Crippen LogP contribution in [-0.2, 0) is 9.09 Å². The van der Waals surface area contributed by atoms with Gasteiger partial charge in [0.25, 0.3) is 0 Å². The standard InChI is InChI=1S/C6H9BrClO3P/c1-6(2)5(8)4(3-7)12(9,10)11-6/h3H2,1-2H3,(H,9,10). The summed E-state index contributed by atoms with van der Waals surface area (Å²) in [5, 5.41) is 0.850. The lowest BCUT2D eigenvalue weighted by molar-refractivity contribution is 0.151. The van der Waals surface area contributed by atoms with E-state index in [1.165, 1.54) is 0 Å². The summed E-state index contributed by atoms with van der Waals surface area (Å²) in [6.07, 6.45) is 0. The Morgan fingerprint density at radius 3 is 2.42 bits per heavy atom. The topological polar surface area (TPSA) is 46.5 Å². The van der Waals surface area contributed by atoms with Crippen LogP contribution >= 0.6 is 35.1 Å². The zero-order valence-corrected chi connectivity index (χ0v) is 9.91. The molecule has 12 heavy (non-hydrogen) atoms. The highest BCUT2D eigenvalue weighted by Gasteiger charge is 2.46. The maximum Gasteiger partial charge on any atom is 0.357 e. The molecule has 0 aromatic heterocycles. The van der Waals surface area contributed by atoms with Gasteiger partial charge in [-0.1, -0.05) is 27.5 Å². The third-order valence-corrected chi connectivity index (χ3v) is 5.18. The van der Waals surface area contributed by atoms with E-state index in [-0.39, 0.29) is 10.6 Å². The van der Waals surface area contributed by atoms with E-state index in [0.717, 1.165) is 0 Å². The van der Waals surface area contributed by atoms with Crippen molar-refractivity contribution in [1.29, 1.82) is 0 Å². The van der Waals surface area contributed by atoms with Gasteiger partial charge in [0.2, 0.25) is 0 Å². The van der Waals surface area contributed by atoms with Crippen LogP contribution in [0.15, 0.2) is 10.3 Å². The smallest absolute Gasteiger partial charge is 0.321 e. The fourth-order valence-corrected chi connectivity index (χ4v) is 4.37. The Bertz CT molecular complexity index is 287. The van der Waals surface area contributed by atoms with Crippen LogP contribution in [0, 0.1) is 0 Å². The van der Waals surface area contributed by atoms with Crippen molar-refractivity contribution in [3.05, 3.63) is 10.3 Å². The number of hydrogen-bond donors (Lipinski definition) is 1. The molecule has 0 saturated heterocycles. The summed E-state index contributed by atoms with van der Waals surface area (Å²) >= 11 is 8.94. The van der Waals surface area contributed by atoms with Crippen molar-refractivity contribution in [2.24, 2.45) is 0 Å². The van der Waals surface area contributed by atoms with Crippen LogP contribution in [-0.4, -0.2) is 15.8 Å². The predicted octanol–water partition coefficient (Wildman–Crippen LogP) is 2.83. The molecule has 1 aliphatic heterocycles. The molecule has 0 bridgehead atoms. The maximum atomic E-state index is 11.4. The molecule has 1 heterocycles. The fraction of sp³-hybridized carbons (Fsp3) is 0.667. The second kappa shape index (κ2) is 3.10. The minimum absolute atomic E-state index is 0.258. The van der Waals surface area contributed by atoms with Crippen molar-refractivity contribution in [2.75, 3.05) is 5.33 Å². The van der Waals surface area contributed by atoms with Crippen LogP contribution < -0.4 is 0 Å². The van der Waals surface area contributed by atoms with Gasteiger partial charge in [-0.25, -0.2) is 0 Å². The lowest BCUT2D eigenvalue weighted by atomic mass is 10.1. The normalized spacial score (nSPS) is 34.4. The number of halogens is 2. The van der Waals surface area contributed by atoms with Gasteiger partial charge in [-0.2, -0.15) is 0 Å². The van der Waals surface area contributed by atoms with Crippen LogP contribution in [0.1, 0.15) is 13.8 Å². The van der Waals surface area contributed by atoms with E-state index in [2.05, 4.69) is 15.9 Å². The van der Waals surface area contributed by atoms with E-state index >= 15 is 0 Å². The summed E-state index contributed by atoms with van der Waals surface area (Å²) < 4.78 is 16.3. The van der Waals surface area contributed by atoms with Gasteiger partial charge >= 0.3 is 7.60 Å². The molecule has 0 aliphatic carbocycles. The van der Waals surface area contributed by atoms with E-state index in [9.17, 15) is 9.46 Å². The Labute approximate surface area is 84.4 Å². The third-order valence-electron chi connectivity index (χ3n) is 1.60. The van der Waals surface area contributed by atoms with Crippen molar-refractivity contribution >= 4 is 35.1 Å². The quantitative estimate of drug-likeness (QED) is 0.591. The summed E-state index contributed by atoms with van der Waals surface area (Å²) in [6, 6.07) is 0. The molecule has 0 saturated carbocycles. The van der Waals surface area contributed by atoms with Crippen molar-refractivity contribution in [1.82, 2.24) is 0 Å². The van der Waals surface area contributed by atoms with E-state index in [1.807, 2.05) is 0 Å². The minimum Gasteiger partial charge on any atom is -0.321 e. The van der Waals surface area contributed by atoms with Crippen molar-refractivity contribution in [3.63, 3.8) is 0 Å². The van der Waals surface area contributed by atoms with Crippen LogP contribution in [0.3, 0.4) is 0 Å². The number of rotatable bonds is 1. The molecule has 0 spiro atoms. The Hall–Kier alpha value is 0.660. The molecule has 0 aromatic rings. The SMILES string of the molecule is CC1(C)OP(=O)(O)C(CBr)=C1Cl. The van der Waals surface area contributed by atoms with E-state index in [1.54, 1.807) is 13.8 Å². The third kappa shape index (κ3) is 1.64. The summed E-state index contributed by atoms with van der Waals surface area (Å²) in [5.41, 5.74) is -0.838. The first kappa shape index (κ1) is 10.7. The molecular formula is C6H9BrClO3P. The summed E-state index contributed by atoms with van der Waals surface area (Å²) in [4.78, 5) is 9.32. The second-order valence-electron chi connectivity index (χ2n) is 3.02. The molecule has 70 valence electrons. The highest BCUT2D eigenvalue weighted by molar-refractivity contribution is 9.09. The molecule has 1 aliphatic rings. The first-order valence-electron chi connectivity index (χ1n) is 3.30. The van der Waals surface area contributed by atoms with E-state index in [4.69, 9.17) is 16.1 Å². The van der Waals surface area contributed by atoms with Gasteiger partial charge in [-0.15, -0.1) is 0 Å². The molecule has 6 heteroatoms. The number of alkyl halides is 1. The molecule has 0 amide bonds. The average molecular weight is 275 g/mol. The van der Waals surface area contributed by atoms with Gasteiger partial charge in [0.1, 0.15) is 5.60 Å². The Morgan fingerprint density at radius 1 is 1.75 bits per heavy atom. The van der Waals surface area contributed by atoms with Gasteiger partial charge in [0.05, 0.1) is 10.3 Å². The molecule has 0 fully saturated rings. The lowest BCUT2D eigenvalue weighted by Gasteiger charge is -2.17. The van der Waals surface area contributed by atoms with Gasteiger partial charge in [-0.05, 0) is 13.8 Å². The van der Waals surface area contributed by atoms with Gasteiger partial charge in [-0.3, -0.25) is 9.09 Å². The molecule has 0 radical (unpaired) electrons. The van der Waals surface area contributed by atoms with Crippen LogP contribution in [0.4, 0.5) is 0 Å². The monoisotopic (exact) mass is 274 g/mol. The molecular weight excluding hydrogens is 266 g/mol. The molecule has 3 nitrogen and oxygen atoms in total. The summed E-state index contributed by atoms with van der Waals surface area (Å²) in [7, 11) is -3.63. The molecule has 1 N–H and O–H groups in total. The van der Waals surface area contributed by atoms with Crippen LogP contribution in [0.2, 0.25) is 0 Å². The van der Waals surface area contributed by atoms with Gasteiger partial charge in [0.15, 0.2) is 0 Å². The zero-order valence-electron chi connectivity index (χ0n) is 6.67. The number of allylic oxidation sites excluding steroid dienone is 1. The van der Waals surface area contributed by atoms with E-state index in [0.29, 0.717) is 5.03 Å². The molecule has 1 atom stereocenters. The van der Waals surface area contributed by atoms with Gasteiger partial charge in [0, 0.05) is 5.33 Å². The Balaban J connectivity index is 3.20. The first-order chi connectivity index (χ1) is 5.31. The zero-order chi connectivity index (χ0) is 9.57. The Kier molecular flexibility index (Phi) is 2.78. The largest absolute Gasteiger partial charge is 0.357 e. The van der Waals surface area contributed by atoms with Gasteiger partial charge < -0.3 is 4.89 Å².